The van der Waals surface area contributed by atoms with Gasteiger partial charge < -0.3 is 10.5 Å². The largest absolute Gasteiger partial charge is 0.462 e. The molecule has 0 unspecified atom stereocenters. The van der Waals surface area contributed by atoms with Gasteiger partial charge in [-0.2, -0.15) is 0 Å². The zero-order chi connectivity index (χ0) is 15.4. The first-order chi connectivity index (χ1) is 10.0. The van der Waals surface area contributed by atoms with Gasteiger partial charge in [-0.25, -0.2) is 9.18 Å². The SMILES string of the molecule is CCOC(=O)c1cc(Sc2cccc(Cl)c2)c(F)cc1N. The summed E-state index contributed by atoms with van der Waals surface area (Å²) < 4.78 is 18.9. The Bertz CT molecular complexity index is 679. The Kier molecular flexibility index (Phi) is 5.09. The van der Waals surface area contributed by atoms with E-state index in [4.69, 9.17) is 22.1 Å². The molecule has 0 heterocycles. The van der Waals surface area contributed by atoms with Crippen LogP contribution in [-0.2, 0) is 4.74 Å². The molecule has 6 heteroatoms. The van der Waals surface area contributed by atoms with Gasteiger partial charge in [-0.1, -0.05) is 29.4 Å². The number of hydrogen-bond acceptors (Lipinski definition) is 4. The molecule has 2 rings (SSSR count). The Morgan fingerprint density at radius 3 is 2.81 bits per heavy atom. The molecule has 0 bridgehead atoms. The summed E-state index contributed by atoms with van der Waals surface area (Å²) in [6.45, 7) is 1.92. The van der Waals surface area contributed by atoms with Crippen molar-refractivity contribution in [1.29, 1.82) is 0 Å². The molecule has 2 N–H and O–H groups in total. The Morgan fingerprint density at radius 2 is 2.14 bits per heavy atom. The lowest BCUT2D eigenvalue weighted by atomic mass is 10.2. The fourth-order valence-corrected chi connectivity index (χ4v) is 2.86. The molecule has 0 atom stereocenters. The number of carbonyl (C=O) groups is 1. The molecule has 2 aromatic rings. The van der Waals surface area contributed by atoms with Crippen LogP contribution in [0.4, 0.5) is 10.1 Å². The maximum atomic E-state index is 14.0. The van der Waals surface area contributed by atoms with Crippen LogP contribution in [-0.4, -0.2) is 12.6 Å². The van der Waals surface area contributed by atoms with Gasteiger partial charge in [0.15, 0.2) is 0 Å². The van der Waals surface area contributed by atoms with Crippen molar-refractivity contribution in [3.63, 3.8) is 0 Å². The zero-order valence-corrected chi connectivity index (χ0v) is 12.8. The van der Waals surface area contributed by atoms with Gasteiger partial charge in [0.25, 0.3) is 0 Å². The van der Waals surface area contributed by atoms with Crippen molar-refractivity contribution in [2.75, 3.05) is 12.3 Å². The molecule has 0 aliphatic rings. The molecule has 0 fully saturated rings. The Hall–Kier alpha value is -1.72. The minimum absolute atomic E-state index is 0.0568. The fourth-order valence-electron chi connectivity index (χ4n) is 1.69. The van der Waals surface area contributed by atoms with Crippen LogP contribution >= 0.6 is 23.4 Å². The quantitative estimate of drug-likeness (QED) is 0.669. The predicted molar refractivity (Wildman–Crippen MR) is 82.3 cm³/mol. The summed E-state index contributed by atoms with van der Waals surface area (Å²) in [6, 6.07) is 9.54. The first-order valence-electron chi connectivity index (χ1n) is 6.20. The second kappa shape index (κ2) is 6.83. The monoisotopic (exact) mass is 325 g/mol. The van der Waals surface area contributed by atoms with E-state index in [1.54, 1.807) is 31.2 Å². The topological polar surface area (TPSA) is 52.3 Å². The van der Waals surface area contributed by atoms with E-state index < -0.39 is 11.8 Å². The number of benzene rings is 2. The third kappa shape index (κ3) is 3.89. The molecule has 0 aromatic heterocycles. The normalized spacial score (nSPS) is 10.4. The summed E-state index contributed by atoms with van der Waals surface area (Å²) >= 11 is 7.06. The Balaban J connectivity index is 2.35. The summed E-state index contributed by atoms with van der Waals surface area (Å²) in [7, 11) is 0. The molecular weight excluding hydrogens is 313 g/mol. The minimum Gasteiger partial charge on any atom is -0.462 e. The van der Waals surface area contributed by atoms with Gasteiger partial charge >= 0.3 is 5.97 Å². The van der Waals surface area contributed by atoms with Crippen LogP contribution in [0.1, 0.15) is 17.3 Å². The number of anilines is 1. The lowest BCUT2D eigenvalue weighted by Gasteiger charge is -2.09. The molecule has 21 heavy (non-hydrogen) atoms. The lowest BCUT2D eigenvalue weighted by molar-refractivity contribution is 0.0527. The van der Waals surface area contributed by atoms with Crippen molar-refractivity contribution in [3.8, 4) is 0 Å². The fraction of sp³-hybridized carbons (Fsp3) is 0.133. The molecule has 3 nitrogen and oxygen atoms in total. The van der Waals surface area contributed by atoms with E-state index in [-0.39, 0.29) is 22.8 Å². The summed E-state index contributed by atoms with van der Waals surface area (Å²) in [5, 5.41) is 0.557. The van der Waals surface area contributed by atoms with Gasteiger partial charge in [0.2, 0.25) is 0 Å². The molecule has 0 spiro atoms. The second-order valence-electron chi connectivity index (χ2n) is 4.15. The van der Waals surface area contributed by atoms with E-state index >= 15 is 0 Å². The Morgan fingerprint density at radius 1 is 1.38 bits per heavy atom. The number of halogens is 2. The van der Waals surface area contributed by atoms with Crippen molar-refractivity contribution in [2.45, 2.75) is 16.7 Å². The van der Waals surface area contributed by atoms with Crippen LogP contribution in [0.25, 0.3) is 0 Å². The van der Waals surface area contributed by atoms with E-state index in [1.807, 2.05) is 0 Å². The van der Waals surface area contributed by atoms with Crippen molar-refractivity contribution in [1.82, 2.24) is 0 Å². The number of hydrogen-bond donors (Lipinski definition) is 1. The van der Waals surface area contributed by atoms with Crippen molar-refractivity contribution < 1.29 is 13.9 Å². The zero-order valence-electron chi connectivity index (χ0n) is 11.2. The lowest BCUT2D eigenvalue weighted by Crippen LogP contribution is -2.08. The average molecular weight is 326 g/mol. The predicted octanol–water partition coefficient (Wildman–Crippen LogP) is 4.39. The van der Waals surface area contributed by atoms with Gasteiger partial charge in [0.1, 0.15) is 5.82 Å². The highest BCUT2D eigenvalue weighted by Crippen LogP contribution is 2.33. The highest BCUT2D eigenvalue weighted by atomic mass is 35.5. The standard InChI is InChI=1S/C15H13ClFNO2S/c1-2-20-15(19)11-7-14(12(17)8-13(11)18)21-10-5-3-4-9(16)6-10/h3-8H,2,18H2,1H3. The first-order valence-corrected chi connectivity index (χ1v) is 7.40. The van der Waals surface area contributed by atoms with E-state index in [2.05, 4.69) is 0 Å². The van der Waals surface area contributed by atoms with Crippen molar-refractivity contribution in [3.05, 3.63) is 52.8 Å². The molecule has 0 saturated carbocycles. The van der Waals surface area contributed by atoms with Crippen LogP contribution in [0.2, 0.25) is 5.02 Å². The van der Waals surface area contributed by atoms with Crippen molar-refractivity contribution >= 4 is 35.0 Å². The van der Waals surface area contributed by atoms with E-state index in [1.165, 1.54) is 6.07 Å². The van der Waals surface area contributed by atoms with Crippen LogP contribution in [0.15, 0.2) is 46.2 Å². The third-order valence-corrected chi connectivity index (χ3v) is 3.88. The molecule has 0 radical (unpaired) electrons. The minimum atomic E-state index is -0.567. The molecule has 2 aromatic carbocycles. The van der Waals surface area contributed by atoms with Gasteiger partial charge in [-0.3, -0.25) is 0 Å². The number of ether oxygens (including phenoxy) is 1. The number of carbonyl (C=O) groups excluding carboxylic acids is 1. The summed E-state index contributed by atoms with van der Waals surface area (Å²) in [4.78, 5) is 12.8. The highest BCUT2D eigenvalue weighted by molar-refractivity contribution is 7.99. The number of nitrogens with two attached hydrogens (primary N) is 1. The molecular formula is C15H13ClFNO2S. The molecule has 0 aliphatic heterocycles. The van der Waals surface area contributed by atoms with Crippen LogP contribution in [0.3, 0.4) is 0 Å². The number of nitrogen functional groups attached to an aromatic ring is 1. The van der Waals surface area contributed by atoms with Gasteiger partial charge in [-0.15, -0.1) is 0 Å². The number of esters is 1. The average Bonchev–Trinajstić information content (AvgIpc) is 2.42. The van der Waals surface area contributed by atoms with E-state index in [9.17, 15) is 9.18 Å². The Labute approximate surface area is 131 Å². The molecule has 0 amide bonds. The third-order valence-electron chi connectivity index (χ3n) is 2.62. The van der Waals surface area contributed by atoms with Crippen LogP contribution in [0.5, 0.6) is 0 Å². The van der Waals surface area contributed by atoms with Gasteiger partial charge in [0.05, 0.1) is 12.2 Å². The smallest absolute Gasteiger partial charge is 0.340 e. The summed E-state index contributed by atoms with van der Waals surface area (Å²) in [5.74, 6) is -1.06. The van der Waals surface area contributed by atoms with Crippen molar-refractivity contribution in [2.24, 2.45) is 0 Å². The van der Waals surface area contributed by atoms with E-state index in [0.717, 1.165) is 22.7 Å². The maximum Gasteiger partial charge on any atom is 0.340 e. The van der Waals surface area contributed by atoms with Crippen LogP contribution in [0, 0.1) is 5.82 Å². The van der Waals surface area contributed by atoms with E-state index in [0.29, 0.717) is 5.02 Å². The highest BCUT2D eigenvalue weighted by Gasteiger charge is 2.16. The first kappa shape index (κ1) is 15.7. The van der Waals surface area contributed by atoms with Gasteiger partial charge in [0, 0.05) is 20.5 Å². The maximum absolute atomic E-state index is 14.0. The molecule has 110 valence electrons. The number of rotatable bonds is 4. The molecule has 0 saturated heterocycles. The second-order valence-corrected chi connectivity index (χ2v) is 5.70. The van der Waals surface area contributed by atoms with Gasteiger partial charge in [-0.05, 0) is 37.3 Å². The molecule has 0 aliphatic carbocycles. The van der Waals surface area contributed by atoms with Crippen LogP contribution < -0.4 is 5.73 Å². The summed E-state index contributed by atoms with van der Waals surface area (Å²) in [5.41, 5.74) is 5.88. The summed E-state index contributed by atoms with van der Waals surface area (Å²) in [6.07, 6.45) is 0.